The minimum absolute atomic E-state index is 0.0300. The molecule has 0 heterocycles. The third-order valence-electron chi connectivity index (χ3n) is 2.43. The highest BCUT2D eigenvalue weighted by atomic mass is 16.6. The molecule has 0 aliphatic carbocycles. The van der Waals surface area contributed by atoms with Gasteiger partial charge in [0.15, 0.2) is 5.78 Å². The van der Waals surface area contributed by atoms with Gasteiger partial charge in [0.1, 0.15) is 5.60 Å². The monoisotopic (exact) mass is 286 g/mol. The number of hydrogen-bond donors (Lipinski definition) is 2. The number of amides is 2. The Labute approximate surface area is 120 Å². The zero-order valence-corrected chi connectivity index (χ0v) is 13.2. The fraction of sp³-hybridized carbons (Fsp3) is 0.786. The summed E-state index contributed by atoms with van der Waals surface area (Å²) in [4.78, 5) is 34.9. The number of hydrogen-bond acceptors (Lipinski definition) is 4. The van der Waals surface area contributed by atoms with E-state index in [4.69, 9.17) is 10.5 Å². The van der Waals surface area contributed by atoms with Crippen LogP contribution in [0.4, 0.5) is 4.79 Å². The van der Waals surface area contributed by atoms with Crippen molar-refractivity contribution in [1.82, 2.24) is 5.32 Å². The van der Waals surface area contributed by atoms with Gasteiger partial charge in [0.25, 0.3) is 0 Å². The molecule has 0 aliphatic rings. The summed E-state index contributed by atoms with van der Waals surface area (Å²) in [5, 5.41) is 2.52. The molecule has 0 radical (unpaired) electrons. The van der Waals surface area contributed by atoms with E-state index in [0.29, 0.717) is 0 Å². The molecular formula is C14H26N2O4. The molecule has 0 saturated heterocycles. The lowest BCUT2D eigenvalue weighted by Gasteiger charge is -2.27. The number of Topliss-reactive ketones (excluding diaryl/α,β-unsaturated/α-hetero) is 1. The Morgan fingerprint density at radius 2 is 1.60 bits per heavy atom. The molecule has 0 aromatic carbocycles. The van der Waals surface area contributed by atoms with Crippen molar-refractivity contribution in [3.8, 4) is 0 Å². The maximum Gasteiger partial charge on any atom is 0.408 e. The molecule has 0 aromatic rings. The van der Waals surface area contributed by atoms with Crippen molar-refractivity contribution >= 4 is 17.8 Å². The molecule has 0 aromatic heterocycles. The van der Waals surface area contributed by atoms with Gasteiger partial charge in [0, 0.05) is 11.8 Å². The molecule has 0 aliphatic heterocycles. The van der Waals surface area contributed by atoms with E-state index in [0.717, 1.165) is 0 Å². The van der Waals surface area contributed by atoms with Crippen LogP contribution in [0.25, 0.3) is 0 Å². The second kappa shape index (κ2) is 6.72. The average molecular weight is 286 g/mol. The van der Waals surface area contributed by atoms with Crippen molar-refractivity contribution < 1.29 is 19.1 Å². The summed E-state index contributed by atoms with van der Waals surface area (Å²) in [6.07, 6.45) is -0.475. The van der Waals surface area contributed by atoms with Gasteiger partial charge in [-0.2, -0.15) is 0 Å². The van der Waals surface area contributed by atoms with Crippen molar-refractivity contribution in [2.75, 3.05) is 0 Å². The number of nitrogens with two attached hydrogens (primary N) is 1. The topological polar surface area (TPSA) is 98.5 Å². The number of ketones is 1. The first kappa shape index (κ1) is 18.4. The fourth-order valence-electron chi connectivity index (χ4n) is 1.53. The van der Waals surface area contributed by atoms with Crippen LogP contribution in [0.3, 0.4) is 0 Å². The molecule has 0 spiro atoms. The van der Waals surface area contributed by atoms with Crippen LogP contribution in [0.1, 0.15) is 54.4 Å². The lowest BCUT2D eigenvalue weighted by Crippen LogP contribution is -2.47. The largest absolute Gasteiger partial charge is 0.444 e. The predicted octanol–water partition coefficient (Wildman–Crippen LogP) is 1.76. The van der Waals surface area contributed by atoms with Crippen LogP contribution in [0.5, 0.6) is 0 Å². The van der Waals surface area contributed by atoms with Crippen molar-refractivity contribution in [2.24, 2.45) is 11.1 Å². The molecule has 3 N–H and O–H groups in total. The number of primary amides is 1. The molecule has 0 rings (SSSR count). The fourth-order valence-corrected chi connectivity index (χ4v) is 1.53. The van der Waals surface area contributed by atoms with E-state index in [1.807, 2.05) is 0 Å². The van der Waals surface area contributed by atoms with Crippen LogP contribution >= 0.6 is 0 Å². The standard InChI is InChI=1S/C14H26N2O4/c1-13(2,3)11(18)9(7-8-10(15)17)16-12(19)20-14(4,5)6/h9H,7-8H2,1-6H3,(H2,15,17)(H,16,19)/t9-/m0/s1. The highest BCUT2D eigenvalue weighted by Gasteiger charge is 2.32. The first-order chi connectivity index (χ1) is 8.83. The van der Waals surface area contributed by atoms with Gasteiger partial charge >= 0.3 is 6.09 Å². The van der Waals surface area contributed by atoms with Gasteiger partial charge in [-0.15, -0.1) is 0 Å². The Morgan fingerprint density at radius 3 is 1.95 bits per heavy atom. The quantitative estimate of drug-likeness (QED) is 0.804. The zero-order valence-electron chi connectivity index (χ0n) is 13.2. The Kier molecular flexibility index (Phi) is 6.19. The van der Waals surface area contributed by atoms with Gasteiger partial charge in [0.05, 0.1) is 6.04 Å². The zero-order chi connectivity index (χ0) is 16.1. The van der Waals surface area contributed by atoms with Gasteiger partial charge in [-0.1, -0.05) is 20.8 Å². The summed E-state index contributed by atoms with van der Waals surface area (Å²) in [6, 6.07) is -0.780. The Balaban J connectivity index is 4.82. The molecule has 6 heteroatoms. The van der Waals surface area contributed by atoms with Crippen LogP contribution in [0, 0.1) is 5.41 Å². The van der Waals surface area contributed by atoms with Crippen LogP contribution in [-0.2, 0) is 14.3 Å². The average Bonchev–Trinajstić information content (AvgIpc) is 2.18. The lowest BCUT2D eigenvalue weighted by atomic mass is 9.85. The number of nitrogens with one attached hydrogen (secondary N) is 1. The molecule has 116 valence electrons. The van der Waals surface area contributed by atoms with Gasteiger partial charge in [-0.05, 0) is 27.2 Å². The first-order valence-electron chi connectivity index (χ1n) is 6.65. The smallest absolute Gasteiger partial charge is 0.408 e. The molecule has 20 heavy (non-hydrogen) atoms. The first-order valence-corrected chi connectivity index (χ1v) is 6.65. The predicted molar refractivity (Wildman–Crippen MR) is 76.0 cm³/mol. The third kappa shape index (κ3) is 7.76. The summed E-state index contributed by atoms with van der Waals surface area (Å²) in [5.41, 5.74) is 3.81. The number of rotatable bonds is 5. The Hall–Kier alpha value is -1.59. The normalized spacial score (nSPS) is 13.5. The number of ether oxygens (including phenoxy) is 1. The Morgan fingerprint density at radius 1 is 1.10 bits per heavy atom. The van der Waals surface area contributed by atoms with E-state index < -0.39 is 29.1 Å². The van der Waals surface area contributed by atoms with E-state index in [2.05, 4.69) is 5.32 Å². The van der Waals surface area contributed by atoms with Gasteiger partial charge < -0.3 is 15.8 Å². The lowest BCUT2D eigenvalue weighted by molar-refractivity contribution is -0.128. The summed E-state index contributed by atoms with van der Waals surface area (Å²) in [5.74, 6) is -0.674. The van der Waals surface area contributed by atoms with E-state index in [1.54, 1.807) is 41.5 Å². The molecule has 6 nitrogen and oxygen atoms in total. The van der Waals surface area contributed by atoms with Gasteiger partial charge in [-0.25, -0.2) is 4.79 Å². The van der Waals surface area contributed by atoms with Crippen molar-refractivity contribution in [2.45, 2.75) is 66.0 Å². The summed E-state index contributed by atoms with van der Waals surface area (Å²) in [7, 11) is 0. The number of carbonyl (C=O) groups is 3. The maximum absolute atomic E-state index is 12.3. The maximum atomic E-state index is 12.3. The van der Waals surface area contributed by atoms with Crippen molar-refractivity contribution in [3.05, 3.63) is 0 Å². The van der Waals surface area contributed by atoms with Gasteiger partial charge in [0.2, 0.25) is 5.91 Å². The second-order valence-corrected chi connectivity index (χ2v) is 6.82. The molecule has 0 bridgehead atoms. The molecule has 1 atom stereocenters. The van der Waals surface area contributed by atoms with E-state index in [-0.39, 0.29) is 18.6 Å². The second-order valence-electron chi connectivity index (χ2n) is 6.82. The van der Waals surface area contributed by atoms with Crippen molar-refractivity contribution in [3.63, 3.8) is 0 Å². The number of carbonyl (C=O) groups excluding carboxylic acids is 3. The Bertz CT molecular complexity index is 378. The molecule has 2 amide bonds. The SMILES string of the molecule is CC(C)(C)OC(=O)N[C@@H](CCC(N)=O)C(=O)C(C)(C)C. The molecule has 0 fully saturated rings. The molecule has 0 saturated carbocycles. The highest BCUT2D eigenvalue weighted by molar-refractivity contribution is 5.91. The summed E-state index contributed by atoms with van der Waals surface area (Å²) < 4.78 is 5.12. The minimum atomic E-state index is -0.780. The van der Waals surface area contributed by atoms with Gasteiger partial charge in [-0.3, -0.25) is 9.59 Å². The third-order valence-corrected chi connectivity index (χ3v) is 2.43. The van der Waals surface area contributed by atoms with Crippen LogP contribution in [-0.4, -0.2) is 29.4 Å². The minimum Gasteiger partial charge on any atom is -0.444 e. The van der Waals surface area contributed by atoms with Crippen LogP contribution in [0.15, 0.2) is 0 Å². The van der Waals surface area contributed by atoms with Crippen molar-refractivity contribution in [1.29, 1.82) is 0 Å². The molecular weight excluding hydrogens is 260 g/mol. The van der Waals surface area contributed by atoms with E-state index in [1.165, 1.54) is 0 Å². The number of alkyl carbamates (subject to hydrolysis) is 1. The van der Waals surface area contributed by atoms with E-state index in [9.17, 15) is 14.4 Å². The van der Waals surface area contributed by atoms with Crippen LogP contribution < -0.4 is 11.1 Å². The summed E-state index contributed by atoms with van der Waals surface area (Å²) >= 11 is 0. The van der Waals surface area contributed by atoms with E-state index >= 15 is 0 Å². The summed E-state index contributed by atoms with van der Waals surface area (Å²) in [6.45, 7) is 10.5. The highest BCUT2D eigenvalue weighted by Crippen LogP contribution is 2.19. The molecule has 0 unspecified atom stereocenters. The van der Waals surface area contributed by atoms with Crippen LogP contribution in [0.2, 0.25) is 0 Å².